The first kappa shape index (κ1) is 14.1. The molecule has 2 heterocycles. The van der Waals surface area contributed by atoms with E-state index in [1.54, 1.807) is 0 Å². The number of rotatable bonds is 1. The Balaban J connectivity index is 1.82. The third kappa shape index (κ3) is 2.63. The molecular formula is C16H21BrN2O. The number of aryl methyl sites for hydroxylation is 1. The second kappa shape index (κ2) is 5.49. The topological polar surface area (TPSA) is 23.6 Å². The highest BCUT2D eigenvalue weighted by Crippen LogP contribution is 2.26. The van der Waals surface area contributed by atoms with Crippen LogP contribution in [0.3, 0.4) is 0 Å². The lowest BCUT2D eigenvalue weighted by Crippen LogP contribution is -2.56. The van der Waals surface area contributed by atoms with Crippen LogP contribution in [0.5, 0.6) is 0 Å². The molecular weight excluding hydrogens is 316 g/mol. The first-order chi connectivity index (χ1) is 9.54. The van der Waals surface area contributed by atoms with Gasteiger partial charge in [-0.05, 0) is 57.0 Å². The zero-order chi connectivity index (χ0) is 14.3. The summed E-state index contributed by atoms with van der Waals surface area (Å²) >= 11 is 3.49. The van der Waals surface area contributed by atoms with Gasteiger partial charge in [0.15, 0.2) is 0 Å². The van der Waals surface area contributed by atoms with Crippen molar-refractivity contribution in [3.63, 3.8) is 0 Å². The van der Waals surface area contributed by atoms with E-state index in [-0.39, 0.29) is 5.91 Å². The van der Waals surface area contributed by atoms with E-state index in [9.17, 15) is 4.79 Å². The number of piperazine rings is 1. The van der Waals surface area contributed by atoms with Crippen molar-refractivity contribution in [2.24, 2.45) is 0 Å². The van der Waals surface area contributed by atoms with E-state index < -0.39 is 0 Å². The largest absolute Gasteiger partial charge is 0.333 e. The fourth-order valence-corrected chi connectivity index (χ4v) is 4.10. The molecule has 0 aliphatic carbocycles. The van der Waals surface area contributed by atoms with Gasteiger partial charge >= 0.3 is 0 Å². The van der Waals surface area contributed by atoms with Crippen molar-refractivity contribution in [3.05, 3.63) is 33.8 Å². The summed E-state index contributed by atoms with van der Waals surface area (Å²) in [6, 6.07) is 6.83. The van der Waals surface area contributed by atoms with Gasteiger partial charge in [0.25, 0.3) is 5.91 Å². The quantitative estimate of drug-likeness (QED) is 0.786. The number of hydrogen-bond acceptors (Lipinski definition) is 2. The van der Waals surface area contributed by atoms with Crippen LogP contribution >= 0.6 is 15.9 Å². The molecule has 1 amide bonds. The van der Waals surface area contributed by atoms with Gasteiger partial charge in [0, 0.05) is 35.2 Å². The van der Waals surface area contributed by atoms with Crippen molar-refractivity contribution in [1.29, 1.82) is 0 Å². The van der Waals surface area contributed by atoms with E-state index in [1.165, 1.54) is 19.4 Å². The zero-order valence-corrected chi connectivity index (χ0v) is 13.7. The highest BCUT2D eigenvalue weighted by Gasteiger charge is 2.36. The minimum atomic E-state index is 0.174. The predicted molar refractivity (Wildman–Crippen MR) is 84.0 cm³/mol. The molecule has 0 radical (unpaired) electrons. The maximum Gasteiger partial charge on any atom is 0.254 e. The van der Waals surface area contributed by atoms with E-state index in [4.69, 9.17) is 0 Å². The molecule has 2 unspecified atom stereocenters. The molecule has 20 heavy (non-hydrogen) atoms. The molecule has 2 aliphatic rings. The second-order valence-corrected chi connectivity index (χ2v) is 7.03. The third-order valence-electron chi connectivity index (χ3n) is 4.49. The number of carbonyl (C=O) groups is 1. The van der Waals surface area contributed by atoms with Gasteiger partial charge in [-0.2, -0.15) is 0 Å². The summed E-state index contributed by atoms with van der Waals surface area (Å²) in [7, 11) is 0. The molecule has 2 fully saturated rings. The van der Waals surface area contributed by atoms with E-state index in [0.717, 1.165) is 28.7 Å². The smallest absolute Gasteiger partial charge is 0.254 e. The van der Waals surface area contributed by atoms with Crippen LogP contribution < -0.4 is 0 Å². The van der Waals surface area contributed by atoms with Crippen LogP contribution in [0.15, 0.2) is 22.7 Å². The van der Waals surface area contributed by atoms with Gasteiger partial charge in [-0.25, -0.2) is 0 Å². The predicted octanol–water partition coefficient (Wildman–Crippen LogP) is 3.07. The Morgan fingerprint density at radius 2 is 2.10 bits per heavy atom. The number of halogens is 1. The molecule has 0 aromatic heterocycles. The molecule has 2 aliphatic heterocycles. The molecule has 0 bridgehead atoms. The SMILES string of the molecule is Cc1cc(Br)cc(C(=O)N2CC3CCCN3CC2C)c1. The lowest BCUT2D eigenvalue weighted by Gasteiger charge is -2.42. The monoisotopic (exact) mass is 336 g/mol. The van der Waals surface area contributed by atoms with E-state index in [1.807, 2.05) is 25.1 Å². The number of nitrogens with zero attached hydrogens (tertiary/aromatic N) is 2. The van der Waals surface area contributed by atoms with Gasteiger partial charge in [0.2, 0.25) is 0 Å². The Morgan fingerprint density at radius 3 is 2.85 bits per heavy atom. The second-order valence-electron chi connectivity index (χ2n) is 6.11. The molecule has 3 nitrogen and oxygen atoms in total. The van der Waals surface area contributed by atoms with Crippen molar-refractivity contribution in [2.45, 2.75) is 38.8 Å². The van der Waals surface area contributed by atoms with Gasteiger partial charge in [0.05, 0.1) is 0 Å². The van der Waals surface area contributed by atoms with Gasteiger partial charge < -0.3 is 4.90 Å². The molecule has 2 atom stereocenters. The molecule has 1 aromatic carbocycles. The van der Waals surface area contributed by atoms with Crippen molar-refractivity contribution < 1.29 is 4.79 Å². The van der Waals surface area contributed by atoms with Crippen molar-refractivity contribution >= 4 is 21.8 Å². The van der Waals surface area contributed by atoms with Crippen LogP contribution in [0.1, 0.15) is 35.7 Å². The number of fused-ring (bicyclic) bond motifs is 1. The van der Waals surface area contributed by atoms with Crippen LogP contribution in [0, 0.1) is 6.92 Å². The maximum absolute atomic E-state index is 12.8. The number of benzene rings is 1. The highest BCUT2D eigenvalue weighted by molar-refractivity contribution is 9.10. The summed E-state index contributed by atoms with van der Waals surface area (Å²) in [4.78, 5) is 17.4. The molecule has 0 N–H and O–H groups in total. The van der Waals surface area contributed by atoms with Gasteiger partial charge in [-0.1, -0.05) is 15.9 Å². The van der Waals surface area contributed by atoms with Gasteiger partial charge in [0.1, 0.15) is 0 Å². The van der Waals surface area contributed by atoms with Crippen LogP contribution in [-0.4, -0.2) is 47.4 Å². The Kier molecular flexibility index (Phi) is 3.87. The first-order valence-corrected chi connectivity index (χ1v) is 8.16. The summed E-state index contributed by atoms with van der Waals surface area (Å²) < 4.78 is 0.980. The Morgan fingerprint density at radius 1 is 1.30 bits per heavy atom. The van der Waals surface area contributed by atoms with E-state index in [0.29, 0.717) is 12.1 Å². The van der Waals surface area contributed by atoms with Crippen LogP contribution in [0.2, 0.25) is 0 Å². The fourth-order valence-electron chi connectivity index (χ4n) is 3.50. The summed E-state index contributed by atoms with van der Waals surface area (Å²) in [6.45, 7) is 7.29. The van der Waals surface area contributed by atoms with Crippen molar-refractivity contribution in [1.82, 2.24) is 9.80 Å². The summed E-state index contributed by atoms with van der Waals surface area (Å²) in [5.41, 5.74) is 1.92. The summed E-state index contributed by atoms with van der Waals surface area (Å²) in [6.07, 6.45) is 2.50. The molecule has 0 saturated carbocycles. The minimum absolute atomic E-state index is 0.174. The lowest BCUT2D eigenvalue weighted by atomic mass is 10.0. The Hall–Kier alpha value is -0.870. The van der Waals surface area contributed by atoms with Gasteiger partial charge in [-0.3, -0.25) is 9.69 Å². The van der Waals surface area contributed by atoms with Crippen molar-refractivity contribution in [2.75, 3.05) is 19.6 Å². The minimum Gasteiger partial charge on any atom is -0.333 e. The molecule has 4 heteroatoms. The van der Waals surface area contributed by atoms with E-state index >= 15 is 0 Å². The average molecular weight is 337 g/mol. The normalized spacial score (nSPS) is 26.6. The summed E-state index contributed by atoms with van der Waals surface area (Å²) in [5, 5.41) is 0. The van der Waals surface area contributed by atoms with Crippen molar-refractivity contribution in [3.8, 4) is 0 Å². The molecule has 3 rings (SSSR count). The fraction of sp³-hybridized carbons (Fsp3) is 0.562. The maximum atomic E-state index is 12.8. The molecule has 0 spiro atoms. The Bertz CT molecular complexity index is 511. The zero-order valence-electron chi connectivity index (χ0n) is 12.1. The summed E-state index contributed by atoms with van der Waals surface area (Å²) in [5.74, 6) is 0.174. The Labute approximate surface area is 129 Å². The first-order valence-electron chi connectivity index (χ1n) is 7.37. The highest BCUT2D eigenvalue weighted by atomic mass is 79.9. The van der Waals surface area contributed by atoms with Gasteiger partial charge in [-0.15, -0.1) is 0 Å². The number of hydrogen-bond donors (Lipinski definition) is 0. The molecule has 108 valence electrons. The lowest BCUT2D eigenvalue weighted by molar-refractivity contribution is 0.0395. The van der Waals surface area contributed by atoms with Crippen LogP contribution in [0.25, 0.3) is 0 Å². The average Bonchev–Trinajstić information content (AvgIpc) is 2.82. The number of amides is 1. The standard InChI is InChI=1S/C16H21BrN2O/c1-11-6-13(8-14(17)7-11)16(20)19-10-15-4-3-5-18(15)9-12(19)2/h6-8,12,15H,3-5,9-10H2,1-2H3. The van der Waals surface area contributed by atoms with Crippen LogP contribution in [0.4, 0.5) is 0 Å². The molecule has 1 aromatic rings. The molecule has 2 saturated heterocycles. The third-order valence-corrected chi connectivity index (χ3v) is 4.95. The number of carbonyl (C=O) groups excluding carboxylic acids is 1. The van der Waals surface area contributed by atoms with Crippen LogP contribution in [-0.2, 0) is 0 Å². The van der Waals surface area contributed by atoms with E-state index in [2.05, 4.69) is 32.7 Å².